The van der Waals surface area contributed by atoms with E-state index in [4.69, 9.17) is 9.72 Å². The smallest absolute Gasteiger partial charge is 0.308 e. The number of aromatic nitrogens is 5. The topological polar surface area (TPSA) is 107 Å². The average Bonchev–Trinajstić information content (AvgIpc) is 3.22. The van der Waals surface area contributed by atoms with E-state index in [0.29, 0.717) is 35.8 Å². The number of hydrogen-bond acceptors (Lipinski definition) is 8. The number of rotatable bonds is 7. The Labute approximate surface area is 195 Å². The third-order valence-corrected chi connectivity index (χ3v) is 4.97. The Bertz CT molecular complexity index is 1450. The first-order valence-electron chi connectivity index (χ1n) is 10.7. The molecule has 9 heteroatoms. The van der Waals surface area contributed by atoms with E-state index in [1.807, 2.05) is 53.1 Å². The van der Waals surface area contributed by atoms with Crippen LogP contribution in [0, 0.1) is 0 Å². The highest BCUT2D eigenvalue weighted by Crippen LogP contribution is 2.24. The maximum absolute atomic E-state index is 11.3. The second-order valence-corrected chi connectivity index (χ2v) is 7.45. The largest absolute Gasteiger partial charge is 0.427 e. The van der Waals surface area contributed by atoms with Gasteiger partial charge in [0.05, 0.1) is 11.0 Å². The number of carbonyl (C=O) groups is 1. The molecule has 0 saturated heterocycles. The van der Waals surface area contributed by atoms with Crippen molar-refractivity contribution in [2.45, 2.75) is 13.5 Å². The lowest BCUT2D eigenvalue weighted by Gasteiger charge is -2.11. The molecular formula is C25H21N7O2. The molecule has 0 aliphatic heterocycles. The number of anilines is 3. The molecular weight excluding hydrogens is 430 g/mol. The van der Waals surface area contributed by atoms with Crippen molar-refractivity contribution in [3.05, 3.63) is 90.8 Å². The molecule has 34 heavy (non-hydrogen) atoms. The fourth-order valence-electron chi connectivity index (χ4n) is 3.51. The van der Waals surface area contributed by atoms with Gasteiger partial charge in [-0.25, -0.2) is 19.5 Å². The summed E-state index contributed by atoms with van der Waals surface area (Å²) in [6.07, 6.45) is 1.44. The molecule has 5 aromatic rings. The van der Waals surface area contributed by atoms with E-state index in [-0.39, 0.29) is 5.97 Å². The molecule has 0 radical (unpaired) electrons. The number of imidazole rings is 1. The van der Waals surface area contributed by atoms with Gasteiger partial charge in [0.25, 0.3) is 0 Å². The van der Waals surface area contributed by atoms with Crippen molar-refractivity contribution in [2.75, 3.05) is 10.6 Å². The zero-order valence-corrected chi connectivity index (χ0v) is 18.3. The van der Waals surface area contributed by atoms with Crippen molar-refractivity contribution >= 4 is 34.6 Å². The average molecular weight is 451 g/mol. The normalized spacial score (nSPS) is 10.7. The lowest BCUT2D eigenvalue weighted by Crippen LogP contribution is -2.10. The van der Waals surface area contributed by atoms with E-state index >= 15 is 0 Å². The second kappa shape index (κ2) is 9.37. The molecule has 9 nitrogen and oxygen atoms in total. The Morgan fingerprint density at radius 1 is 0.941 bits per heavy atom. The highest BCUT2D eigenvalue weighted by molar-refractivity contribution is 5.80. The van der Waals surface area contributed by atoms with Crippen LogP contribution in [0.3, 0.4) is 0 Å². The first-order valence-corrected chi connectivity index (χ1v) is 10.7. The van der Waals surface area contributed by atoms with Gasteiger partial charge in [-0.05, 0) is 29.8 Å². The molecule has 0 atom stereocenters. The van der Waals surface area contributed by atoms with Gasteiger partial charge < -0.3 is 15.4 Å². The van der Waals surface area contributed by atoms with Crippen LogP contribution in [-0.4, -0.2) is 30.5 Å². The van der Waals surface area contributed by atoms with Crippen molar-refractivity contribution < 1.29 is 9.53 Å². The molecule has 168 valence electrons. The molecule has 0 amide bonds. The lowest BCUT2D eigenvalue weighted by atomic mass is 10.2. The van der Waals surface area contributed by atoms with Crippen LogP contribution in [0.2, 0.25) is 0 Å². The van der Waals surface area contributed by atoms with Gasteiger partial charge in [-0.15, -0.1) is 0 Å². The quantitative estimate of drug-likeness (QED) is 0.275. The van der Waals surface area contributed by atoms with E-state index in [0.717, 1.165) is 16.6 Å². The number of ether oxygens (including phenoxy) is 1. The SMILES string of the molecule is CC(=O)Oc1cccc(Nc2ncnc(-n3c(NCc4ccccc4)nc4ccccc43)n2)c1. The Balaban J connectivity index is 1.47. The summed E-state index contributed by atoms with van der Waals surface area (Å²) in [7, 11) is 0. The van der Waals surface area contributed by atoms with Gasteiger partial charge in [-0.1, -0.05) is 48.5 Å². The van der Waals surface area contributed by atoms with Crippen molar-refractivity contribution in [2.24, 2.45) is 0 Å². The molecule has 0 fully saturated rings. The van der Waals surface area contributed by atoms with Crippen molar-refractivity contribution in [1.29, 1.82) is 0 Å². The fraction of sp³-hybridized carbons (Fsp3) is 0.0800. The van der Waals surface area contributed by atoms with Crippen molar-refractivity contribution in [3.8, 4) is 11.7 Å². The van der Waals surface area contributed by atoms with E-state index in [9.17, 15) is 4.79 Å². The minimum Gasteiger partial charge on any atom is -0.427 e. The number of nitrogens with one attached hydrogen (secondary N) is 2. The summed E-state index contributed by atoms with van der Waals surface area (Å²) in [5, 5.41) is 6.53. The van der Waals surface area contributed by atoms with Crippen LogP contribution in [0.25, 0.3) is 17.0 Å². The number of para-hydroxylation sites is 2. The van der Waals surface area contributed by atoms with Gasteiger partial charge >= 0.3 is 5.97 Å². The van der Waals surface area contributed by atoms with Gasteiger partial charge in [0, 0.05) is 25.2 Å². The predicted octanol–water partition coefficient (Wildman–Crippen LogP) is 4.49. The first-order chi connectivity index (χ1) is 16.7. The molecule has 2 aromatic heterocycles. The first kappa shape index (κ1) is 21.1. The van der Waals surface area contributed by atoms with Crippen molar-refractivity contribution in [1.82, 2.24) is 24.5 Å². The molecule has 2 N–H and O–H groups in total. The molecule has 2 heterocycles. The molecule has 0 aliphatic carbocycles. The number of benzene rings is 3. The maximum Gasteiger partial charge on any atom is 0.308 e. The minimum atomic E-state index is -0.387. The molecule has 0 spiro atoms. The predicted molar refractivity (Wildman–Crippen MR) is 129 cm³/mol. The van der Waals surface area contributed by atoms with Gasteiger partial charge in [0.15, 0.2) is 0 Å². The van der Waals surface area contributed by atoms with Crippen LogP contribution < -0.4 is 15.4 Å². The van der Waals surface area contributed by atoms with Gasteiger partial charge in [0.2, 0.25) is 17.8 Å². The summed E-state index contributed by atoms with van der Waals surface area (Å²) in [6, 6.07) is 24.9. The highest BCUT2D eigenvalue weighted by atomic mass is 16.5. The van der Waals surface area contributed by atoms with E-state index in [1.54, 1.807) is 18.2 Å². The summed E-state index contributed by atoms with van der Waals surface area (Å²) in [5.41, 5.74) is 3.50. The molecule has 0 unspecified atom stereocenters. The Morgan fingerprint density at radius 3 is 2.62 bits per heavy atom. The number of nitrogens with zero attached hydrogens (tertiary/aromatic N) is 5. The van der Waals surface area contributed by atoms with Crippen LogP contribution >= 0.6 is 0 Å². The van der Waals surface area contributed by atoms with Gasteiger partial charge in [-0.3, -0.25) is 4.79 Å². The van der Waals surface area contributed by atoms with Crippen LogP contribution in [0.1, 0.15) is 12.5 Å². The molecule has 3 aromatic carbocycles. The fourth-order valence-corrected chi connectivity index (χ4v) is 3.51. The Hall–Kier alpha value is -4.79. The monoisotopic (exact) mass is 451 g/mol. The number of hydrogen-bond donors (Lipinski definition) is 2. The Kier molecular flexibility index (Phi) is 5.81. The Morgan fingerprint density at radius 2 is 1.76 bits per heavy atom. The van der Waals surface area contributed by atoms with Gasteiger partial charge in [0.1, 0.15) is 12.1 Å². The summed E-state index contributed by atoms with van der Waals surface area (Å²) in [5.74, 6) is 1.43. The third kappa shape index (κ3) is 4.68. The van der Waals surface area contributed by atoms with Crippen LogP contribution in [0.5, 0.6) is 5.75 Å². The zero-order chi connectivity index (χ0) is 23.3. The van der Waals surface area contributed by atoms with Crippen LogP contribution in [-0.2, 0) is 11.3 Å². The minimum absolute atomic E-state index is 0.344. The third-order valence-electron chi connectivity index (χ3n) is 4.97. The molecule has 5 rings (SSSR count). The number of esters is 1. The standard InChI is InChI=1S/C25H21N7O2/c1-17(33)34-20-11-7-10-19(14-20)29-23-27-16-28-25(31-23)32-22-13-6-5-12-21(22)30-24(32)26-15-18-8-3-2-4-9-18/h2-14,16H,15H2,1H3,(H,26,30)(H,27,28,29,31). The van der Waals surface area contributed by atoms with Gasteiger partial charge in [-0.2, -0.15) is 4.98 Å². The number of fused-ring (bicyclic) bond motifs is 1. The summed E-state index contributed by atoms with van der Waals surface area (Å²) in [4.78, 5) is 29.2. The highest BCUT2D eigenvalue weighted by Gasteiger charge is 2.15. The van der Waals surface area contributed by atoms with Crippen LogP contribution in [0.15, 0.2) is 85.2 Å². The molecule has 0 aliphatic rings. The summed E-state index contributed by atoms with van der Waals surface area (Å²) in [6.45, 7) is 1.96. The zero-order valence-electron chi connectivity index (χ0n) is 18.3. The summed E-state index contributed by atoms with van der Waals surface area (Å²) < 4.78 is 7.01. The van der Waals surface area contributed by atoms with Crippen molar-refractivity contribution in [3.63, 3.8) is 0 Å². The summed E-state index contributed by atoms with van der Waals surface area (Å²) >= 11 is 0. The molecule has 0 bridgehead atoms. The van der Waals surface area contributed by atoms with E-state index in [1.165, 1.54) is 13.3 Å². The number of carbonyl (C=O) groups excluding carboxylic acids is 1. The van der Waals surface area contributed by atoms with E-state index < -0.39 is 0 Å². The van der Waals surface area contributed by atoms with E-state index in [2.05, 4.69) is 37.7 Å². The second-order valence-electron chi connectivity index (χ2n) is 7.45. The van der Waals surface area contributed by atoms with Crippen LogP contribution in [0.4, 0.5) is 17.6 Å². The molecule has 0 saturated carbocycles. The lowest BCUT2D eigenvalue weighted by molar-refractivity contribution is -0.131. The maximum atomic E-state index is 11.3.